The van der Waals surface area contributed by atoms with Gasteiger partial charge in [-0.05, 0) is 61.4 Å². The number of alkyl halides is 3. The van der Waals surface area contributed by atoms with E-state index in [1.807, 2.05) is 25.1 Å². The molecule has 5 nitrogen and oxygen atoms in total. The van der Waals surface area contributed by atoms with Crippen LogP contribution < -0.4 is 14.6 Å². The number of nitriles is 1. The Labute approximate surface area is 215 Å². The molecule has 2 aliphatic heterocycles. The summed E-state index contributed by atoms with van der Waals surface area (Å²) in [6.45, 7) is 7.51. The van der Waals surface area contributed by atoms with Crippen LogP contribution >= 0.6 is 0 Å². The Morgan fingerprint density at radius 2 is 1.86 bits per heavy atom. The molecule has 0 radical (unpaired) electrons. The van der Waals surface area contributed by atoms with Gasteiger partial charge in [-0.3, -0.25) is 5.01 Å². The number of rotatable bonds is 7. The molecule has 2 aromatic rings. The Bertz CT molecular complexity index is 1160. The third kappa shape index (κ3) is 5.84. The fourth-order valence-corrected chi connectivity index (χ4v) is 5.39. The zero-order valence-corrected chi connectivity index (χ0v) is 21.3. The lowest BCUT2D eigenvalue weighted by Gasteiger charge is -2.38. The predicted molar refractivity (Wildman–Crippen MR) is 136 cm³/mol. The number of nitrogens with zero attached hydrogens (tertiary/aromatic N) is 4. The summed E-state index contributed by atoms with van der Waals surface area (Å²) >= 11 is 0. The summed E-state index contributed by atoms with van der Waals surface area (Å²) in [6, 6.07) is 13.6. The van der Waals surface area contributed by atoms with Gasteiger partial charge in [-0.15, -0.1) is 0 Å². The number of hydrogen-bond donors (Lipinski definition) is 0. The molecule has 2 unspecified atom stereocenters. The van der Waals surface area contributed by atoms with Gasteiger partial charge in [0.15, 0.2) is 0 Å². The maximum Gasteiger partial charge on any atom is 0.431 e. The molecule has 9 heteroatoms. The molecule has 4 atom stereocenters. The Hall–Kier alpha value is -3.28. The molecule has 1 saturated heterocycles. The van der Waals surface area contributed by atoms with E-state index >= 15 is 0 Å². The van der Waals surface area contributed by atoms with Crippen LogP contribution in [-0.2, 0) is 6.42 Å². The summed E-state index contributed by atoms with van der Waals surface area (Å²) in [5.74, 6) is 0.233. The third-order valence-corrected chi connectivity index (χ3v) is 7.48. The van der Waals surface area contributed by atoms with Crippen LogP contribution in [0.15, 0.2) is 47.6 Å². The molecule has 0 aliphatic carbocycles. The standard InChI is InChI=1S/C28H32F4N4O/c1-4-37-23-9-10-24(29)26(16-23)35-14-12-21(18(2)17-35)15-20-5-7-22(8-6-20)36-25(11-13-33)19(3)27(34-36)28(30,31)32/h5-10,16,18-19,21,25H,4,11-12,14-15,17H2,1-3H3/t18?,19-,21?,25-/m0/s1. The fourth-order valence-electron chi connectivity index (χ4n) is 5.39. The number of ether oxygens (including phenoxy) is 1. The van der Waals surface area contributed by atoms with E-state index in [-0.39, 0.29) is 12.2 Å². The lowest BCUT2D eigenvalue weighted by Crippen LogP contribution is -2.40. The minimum Gasteiger partial charge on any atom is -0.494 e. The largest absolute Gasteiger partial charge is 0.494 e. The molecule has 2 aliphatic rings. The Morgan fingerprint density at radius 3 is 2.49 bits per heavy atom. The predicted octanol–water partition coefficient (Wildman–Crippen LogP) is 6.59. The van der Waals surface area contributed by atoms with Gasteiger partial charge in [-0.1, -0.05) is 26.0 Å². The van der Waals surface area contributed by atoms with Crippen molar-refractivity contribution in [3.05, 3.63) is 53.8 Å². The molecule has 198 valence electrons. The molecule has 0 saturated carbocycles. The smallest absolute Gasteiger partial charge is 0.431 e. The van der Waals surface area contributed by atoms with E-state index in [4.69, 9.17) is 10.00 Å². The Morgan fingerprint density at radius 1 is 1.14 bits per heavy atom. The lowest BCUT2D eigenvalue weighted by atomic mass is 9.82. The number of benzene rings is 2. The van der Waals surface area contributed by atoms with E-state index in [2.05, 4.69) is 16.9 Å². The van der Waals surface area contributed by atoms with Crippen molar-refractivity contribution in [2.45, 2.75) is 52.3 Å². The van der Waals surface area contributed by atoms with E-state index in [1.54, 1.807) is 24.3 Å². The zero-order valence-electron chi connectivity index (χ0n) is 21.3. The quantitative estimate of drug-likeness (QED) is 0.390. The number of hydrazone groups is 1. The van der Waals surface area contributed by atoms with Crippen molar-refractivity contribution in [2.24, 2.45) is 22.9 Å². The van der Waals surface area contributed by atoms with Gasteiger partial charge in [0.05, 0.1) is 36.5 Å². The van der Waals surface area contributed by atoms with E-state index in [0.29, 0.717) is 35.6 Å². The first-order chi connectivity index (χ1) is 17.6. The summed E-state index contributed by atoms with van der Waals surface area (Å²) in [5, 5.41) is 14.4. The average molecular weight is 517 g/mol. The van der Waals surface area contributed by atoms with E-state index in [9.17, 15) is 17.6 Å². The number of halogens is 4. The second-order valence-electron chi connectivity index (χ2n) is 9.93. The molecule has 0 N–H and O–H groups in total. The first-order valence-corrected chi connectivity index (χ1v) is 12.7. The minimum atomic E-state index is -4.53. The van der Waals surface area contributed by atoms with Crippen molar-refractivity contribution in [3.8, 4) is 11.8 Å². The summed E-state index contributed by atoms with van der Waals surface area (Å²) in [6.07, 6.45) is -2.85. The van der Waals surface area contributed by atoms with Crippen LogP contribution in [-0.4, -0.2) is 37.6 Å². The van der Waals surface area contributed by atoms with Gasteiger partial charge < -0.3 is 9.64 Å². The van der Waals surface area contributed by atoms with Gasteiger partial charge in [0.25, 0.3) is 0 Å². The minimum absolute atomic E-state index is 0.0455. The molecular weight excluding hydrogens is 484 g/mol. The molecule has 2 aromatic carbocycles. The second-order valence-corrected chi connectivity index (χ2v) is 9.93. The van der Waals surface area contributed by atoms with Crippen molar-refractivity contribution in [1.82, 2.24) is 0 Å². The van der Waals surface area contributed by atoms with Crippen LogP contribution in [0, 0.1) is 34.9 Å². The van der Waals surface area contributed by atoms with Crippen LogP contribution in [0.2, 0.25) is 0 Å². The molecule has 0 amide bonds. The van der Waals surface area contributed by atoms with Gasteiger partial charge in [0.1, 0.15) is 17.3 Å². The second kappa shape index (κ2) is 11.0. The maximum atomic E-state index is 14.5. The fraction of sp³-hybridized carbons (Fsp3) is 0.500. The van der Waals surface area contributed by atoms with Crippen LogP contribution in [0.4, 0.5) is 28.9 Å². The normalized spacial score (nSPS) is 24.1. The van der Waals surface area contributed by atoms with Gasteiger partial charge in [0, 0.05) is 25.1 Å². The van der Waals surface area contributed by atoms with Crippen LogP contribution in [0.3, 0.4) is 0 Å². The Kier molecular flexibility index (Phi) is 7.96. The topological polar surface area (TPSA) is 51.9 Å². The van der Waals surface area contributed by atoms with Crippen molar-refractivity contribution >= 4 is 17.1 Å². The van der Waals surface area contributed by atoms with E-state index in [1.165, 1.54) is 18.0 Å². The van der Waals surface area contributed by atoms with Gasteiger partial charge >= 0.3 is 6.18 Å². The van der Waals surface area contributed by atoms with Crippen molar-refractivity contribution in [1.29, 1.82) is 5.26 Å². The maximum absolute atomic E-state index is 14.5. The molecule has 0 bridgehead atoms. The van der Waals surface area contributed by atoms with Crippen LogP contribution in [0.25, 0.3) is 0 Å². The highest BCUT2D eigenvalue weighted by Crippen LogP contribution is 2.37. The lowest BCUT2D eigenvalue weighted by molar-refractivity contribution is -0.0620. The SMILES string of the molecule is CCOc1ccc(F)c(N2CCC(Cc3ccc(N4N=C(C(F)(F)F)[C@@H](C)[C@@H]4CC#N)cc3)C(C)C2)c1. The summed E-state index contributed by atoms with van der Waals surface area (Å²) in [7, 11) is 0. The number of piperidine rings is 1. The molecule has 4 rings (SSSR count). The molecule has 2 heterocycles. The summed E-state index contributed by atoms with van der Waals surface area (Å²) in [5.41, 5.74) is 1.34. The van der Waals surface area contributed by atoms with Crippen molar-refractivity contribution in [3.63, 3.8) is 0 Å². The number of hydrogen-bond acceptors (Lipinski definition) is 5. The van der Waals surface area contributed by atoms with E-state index in [0.717, 1.165) is 31.5 Å². The zero-order chi connectivity index (χ0) is 26.7. The first-order valence-electron chi connectivity index (χ1n) is 12.7. The highest BCUT2D eigenvalue weighted by atomic mass is 19.4. The molecule has 0 spiro atoms. The molecular formula is C28H32F4N4O. The van der Waals surface area contributed by atoms with Gasteiger partial charge in [-0.2, -0.15) is 23.5 Å². The van der Waals surface area contributed by atoms with Crippen molar-refractivity contribution in [2.75, 3.05) is 29.6 Å². The highest BCUT2D eigenvalue weighted by molar-refractivity contribution is 5.95. The Balaban J connectivity index is 1.42. The molecule has 0 aromatic heterocycles. The van der Waals surface area contributed by atoms with E-state index < -0.39 is 23.8 Å². The van der Waals surface area contributed by atoms with Crippen LogP contribution in [0.5, 0.6) is 5.75 Å². The van der Waals surface area contributed by atoms with Gasteiger partial charge in [-0.25, -0.2) is 4.39 Å². The average Bonchev–Trinajstić information content (AvgIpc) is 3.19. The monoisotopic (exact) mass is 516 g/mol. The van der Waals surface area contributed by atoms with Crippen molar-refractivity contribution < 1.29 is 22.3 Å². The molecule has 37 heavy (non-hydrogen) atoms. The summed E-state index contributed by atoms with van der Waals surface area (Å²) < 4.78 is 60.3. The van der Waals surface area contributed by atoms with Crippen LogP contribution in [0.1, 0.15) is 39.2 Å². The first kappa shape index (κ1) is 26.8. The highest BCUT2D eigenvalue weighted by Gasteiger charge is 2.48. The summed E-state index contributed by atoms with van der Waals surface area (Å²) in [4.78, 5) is 2.07. The number of anilines is 2. The molecule has 1 fully saturated rings. The third-order valence-electron chi connectivity index (χ3n) is 7.48. The van der Waals surface area contributed by atoms with Gasteiger partial charge in [0.2, 0.25) is 0 Å².